The second-order valence-corrected chi connectivity index (χ2v) is 4.72. The van der Waals surface area contributed by atoms with Crippen LogP contribution in [0.25, 0.3) is 0 Å². The molecule has 2 aromatic carbocycles. The van der Waals surface area contributed by atoms with Crippen molar-refractivity contribution >= 4 is 11.4 Å². The van der Waals surface area contributed by atoms with Crippen LogP contribution in [0.15, 0.2) is 24.3 Å². The first-order valence-electron chi connectivity index (χ1n) is 6.13. The molecular weight excluding hydrogens is 265 g/mol. The topological polar surface area (TPSA) is 38.0 Å². The Bertz CT molecular complexity index is 631. The first-order chi connectivity index (χ1) is 9.40. The van der Waals surface area contributed by atoms with Gasteiger partial charge >= 0.3 is 0 Å². The van der Waals surface area contributed by atoms with E-state index in [1.54, 1.807) is 26.0 Å². The predicted molar refractivity (Wildman–Crippen MR) is 74.0 cm³/mol. The average Bonchev–Trinajstić information content (AvgIpc) is 2.40. The first kappa shape index (κ1) is 14.2. The number of hydrogen-bond donors (Lipinski definition) is 2. The van der Waals surface area contributed by atoms with Crippen LogP contribution in [0.2, 0.25) is 0 Å². The number of rotatable bonds is 3. The molecule has 0 bridgehead atoms. The molecular formula is C15H15F3N2. The van der Waals surface area contributed by atoms with Gasteiger partial charge < -0.3 is 11.1 Å². The lowest BCUT2D eigenvalue weighted by Crippen LogP contribution is -2.07. The van der Waals surface area contributed by atoms with Crippen LogP contribution in [-0.4, -0.2) is 0 Å². The lowest BCUT2D eigenvalue weighted by Gasteiger charge is -2.12. The summed E-state index contributed by atoms with van der Waals surface area (Å²) in [6.45, 7) is 3.54. The molecule has 106 valence electrons. The van der Waals surface area contributed by atoms with Crippen LogP contribution in [0.4, 0.5) is 24.5 Å². The minimum atomic E-state index is -1.01. The van der Waals surface area contributed by atoms with Crippen LogP contribution in [-0.2, 0) is 6.54 Å². The molecule has 0 aliphatic carbocycles. The zero-order chi connectivity index (χ0) is 14.9. The van der Waals surface area contributed by atoms with E-state index in [2.05, 4.69) is 5.32 Å². The van der Waals surface area contributed by atoms with Crippen molar-refractivity contribution in [2.75, 3.05) is 11.1 Å². The summed E-state index contributed by atoms with van der Waals surface area (Å²) >= 11 is 0. The summed E-state index contributed by atoms with van der Waals surface area (Å²) in [4.78, 5) is 0. The fraction of sp³-hybridized carbons (Fsp3) is 0.200. The number of benzene rings is 2. The Morgan fingerprint density at radius 2 is 1.60 bits per heavy atom. The first-order valence-corrected chi connectivity index (χ1v) is 6.13. The molecule has 0 fully saturated rings. The molecule has 0 saturated carbocycles. The van der Waals surface area contributed by atoms with Crippen molar-refractivity contribution in [2.24, 2.45) is 0 Å². The van der Waals surface area contributed by atoms with E-state index in [0.29, 0.717) is 11.1 Å². The van der Waals surface area contributed by atoms with E-state index < -0.39 is 11.6 Å². The third-order valence-electron chi connectivity index (χ3n) is 3.09. The number of halogens is 3. The fourth-order valence-corrected chi connectivity index (χ4v) is 2.07. The quantitative estimate of drug-likeness (QED) is 0.836. The Hall–Kier alpha value is -2.17. The fourth-order valence-electron chi connectivity index (χ4n) is 2.07. The number of aryl methyl sites for hydroxylation is 2. The number of hydrogen-bond acceptors (Lipinski definition) is 2. The molecule has 20 heavy (non-hydrogen) atoms. The van der Waals surface area contributed by atoms with E-state index >= 15 is 0 Å². The van der Waals surface area contributed by atoms with E-state index in [-0.39, 0.29) is 23.7 Å². The van der Waals surface area contributed by atoms with Gasteiger partial charge in [0, 0.05) is 6.54 Å². The number of anilines is 2. The molecule has 0 unspecified atom stereocenters. The molecule has 2 aromatic rings. The summed E-state index contributed by atoms with van der Waals surface area (Å²) in [5.74, 6) is -2.24. The van der Waals surface area contributed by atoms with E-state index in [1.807, 2.05) is 0 Å². The highest BCUT2D eigenvalue weighted by molar-refractivity contribution is 5.66. The molecule has 0 amide bonds. The van der Waals surface area contributed by atoms with Crippen LogP contribution in [0.1, 0.15) is 16.7 Å². The predicted octanol–water partition coefficient (Wildman–Crippen LogP) is 3.92. The van der Waals surface area contributed by atoms with Gasteiger partial charge in [-0.2, -0.15) is 0 Å². The zero-order valence-electron chi connectivity index (χ0n) is 11.2. The smallest absolute Gasteiger partial charge is 0.183 e. The normalized spacial score (nSPS) is 10.7. The summed E-state index contributed by atoms with van der Waals surface area (Å²) in [6.07, 6.45) is 0. The Kier molecular flexibility index (Phi) is 3.88. The summed E-state index contributed by atoms with van der Waals surface area (Å²) in [6, 6.07) is 5.58. The maximum atomic E-state index is 13.6. The molecule has 0 aromatic heterocycles. The van der Waals surface area contributed by atoms with Gasteiger partial charge in [-0.25, -0.2) is 13.2 Å². The van der Waals surface area contributed by atoms with Crippen LogP contribution in [0.3, 0.4) is 0 Å². The zero-order valence-corrected chi connectivity index (χ0v) is 11.2. The summed E-state index contributed by atoms with van der Waals surface area (Å²) < 4.78 is 40.3. The van der Waals surface area contributed by atoms with Crippen molar-refractivity contribution < 1.29 is 13.2 Å². The minimum Gasteiger partial charge on any atom is -0.397 e. The molecule has 0 heterocycles. The van der Waals surface area contributed by atoms with Crippen LogP contribution < -0.4 is 11.1 Å². The highest BCUT2D eigenvalue weighted by atomic mass is 19.2. The third-order valence-corrected chi connectivity index (χ3v) is 3.09. The van der Waals surface area contributed by atoms with Gasteiger partial charge in [-0.05, 0) is 42.7 Å². The van der Waals surface area contributed by atoms with Gasteiger partial charge in [-0.3, -0.25) is 0 Å². The van der Waals surface area contributed by atoms with Crippen molar-refractivity contribution in [3.8, 4) is 0 Å². The van der Waals surface area contributed by atoms with Gasteiger partial charge in [0.15, 0.2) is 11.6 Å². The van der Waals surface area contributed by atoms with Gasteiger partial charge in [-0.1, -0.05) is 12.1 Å². The lowest BCUT2D eigenvalue weighted by molar-refractivity contribution is 0.511. The van der Waals surface area contributed by atoms with Gasteiger partial charge in [-0.15, -0.1) is 0 Å². The second kappa shape index (κ2) is 5.45. The maximum absolute atomic E-state index is 13.6. The molecule has 3 N–H and O–H groups in total. The van der Waals surface area contributed by atoms with Gasteiger partial charge in [0.25, 0.3) is 0 Å². The van der Waals surface area contributed by atoms with Crippen molar-refractivity contribution in [2.45, 2.75) is 20.4 Å². The highest BCUT2D eigenvalue weighted by Gasteiger charge is 2.12. The highest BCUT2D eigenvalue weighted by Crippen LogP contribution is 2.25. The van der Waals surface area contributed by atoms with Gasteiger partial charge in [0.05, 0.1) is 11.4 Å². The second-order valence-electron chi connectivity index (χ2n) is 4.72. The standard InChI is InChI=1S/C15H15F3N2/c1-8-5-10(6-9(2)13(8)17)7-20-15-12(19)4-3-11(16)14(15)18/h3-6,20H,7,19H2,1-2H3. The van der Waals surface area contributed by atoms with Crippen molar-refractivity contribution in [1.29, 1.82) is 0 Å². The number of nitrogens with one attached hydrogen (secondary N) is 1. The summed E-state index contributed by atoms with van der Waals surface area (Å²) in [5, 5.41) is 2.75. The van der Waals surface area contributed by atoms with E-state index in [0.717, 1.165) is 11.6 Å². The van der Waals surface area contributed by atoms with Crippen LogP contribution in [0.5, 0.6) is 0 Å². The Balaban J connectivity index is 2.24. The molecule has 0 atom stereocenters. The molecule has 0 saturated heterocycles. The van der Waals surface area contributed by atoms with Gasteiger partial charge in [0.2, 0.25) is 0 Å². The van der Waals surface area contributed by atoms with E-state index in [9.17, 15) is 13.2 Å². The summed E-state index contributed by atoms with van der Waals surface area (Å²) in [7, 11) is 0. The number of nitrogen functional groups attached to an aromatic ring is 1. The Morgan fingerprint density at radius 1 is 1.00 bits per heavy atom. The SMILES string of the molecule is Cc1cc(CNc2c(N)ccc(F)c2F)cc(C)c1F. The molecule has 2 nitrogen and oxygen atoms in total. The van der Waals surface area contributed by atoms with E-state index in [4.69, 9.17) is 5.73 Å². The van der Waals surface area contributed by atoms with Crippen molar-refractivity contribution in [3.63, 3.8) is 0 Å². The Morgan fingerprint density at radius 3 is 2.20 bits per heavy atom. The van der Waals surface area contributed by atoms with Crippen molar-refractivity contribution in [1.82, 2.24) is 0 Å². The molecule has 2 rings (SSSR count). The van der Waals surface area contributed by atoms with Crippen molar-refractivity contribution in [3.05, 3.63) is 58.4 Å². The largest absolute Gasteiger partial charge is 0.397 e. The molecule has 0 aliphatic heterocycles. The van der Waals surface area contributed by atoms with Crippen LogP contribution in [0, 0.1) is 31.3 Å². The lowest BCUT2D eigenvalue weighted by atomic mass is 10.1. The molecule has 0 aliphatic rings. The molecule has 5 heteroatoms. The number of nitrogens with two attached hydrogens (primary N) is 1. The molecule has 0 radical (unpaired) electrons. The minimum absolute atomic E-state index is 0.0790. The molecule has 0 spiro atoms. The maximum Gasteiger partial charge on any atom is 0.183 e. The average molecular weight is 280 g/mol. The summed E-state index contributed by atoms with van der Waals surface area (Å²) in [5.41, 5.74) is 7.44. The third kappa shape index (κ3) is 2.71. The van der Waals surface area contributed by atoms with Gasteiger partial charge in [0.1, 0.15) is 5.82 Å². The monoisotopic (exact) mass is 280 g/mol. The Labute approximate surface area is 115 Å². The van der Waals surface area contributed by atoms with E-state index in [1.165, 1.54) is 6.07 Å². The van der Waals surface area contributed by atoms with Crippen LogP contribution >= 0.6 is 0 Å².